The van der Waals surface area contributed by atoms with Crippen molar-refractivity contribution in [3.63, 3.8) is 0 Å². The third-order valence-electron chi connectivity index (χ3n) is 7.79. The Morgan fingerprint density at radius 1 is 1.11 bits per heavy atom. The third kappa shape index (κ3) is 5.91. The zero-order valence-electron chi connectivity index (χ0n) is 21.7. The van der Waals surface area contributed by atoms with Crippen LogP contribution in [0.5, 0.6) is 5.75 Å². The molecule has 1 aliphatic heterocycles. The normalized spacial score (nSPS) is 19.0. The summed E-state index contributed by atoms with van der Waals surface area (Å²) in [5.41, 5.74) is 2.47. The molecule has 5 nitrogen and oxygen atoms in total. The lowest BCUT2D eigenvalue weighted by atomic mass is 10.00. The van der Waals surface area contributed by atoms with Crippen molar-refractivity contribution in [2.45, 2.75) is 84.2 Å². The number of hydrogen-bond acceptors (Lipinski definition) is 4. The van der Waals surface area contributed by atoms with E-state index in [0.29, 0.717) is 19.1 Å². The number of rotatable bonds is 9. The van der Waals surface area contributed by atoms with E-state index >= 15 is 0 Å². The number of nitrogens with zero attached hydrogens (tertiary/aromatic N) is 2. The average molecular weight is 497 g/mol. The van der Waals surface area contributed by atoms with Gasteiger partial charge >= 0.3 is 0 Å². The van der Waals surface area contributed by atoms with Gasteiger partial charge in [-0.3, -0.25) is 9.59 Å². The van der Waals surface area contributed by atoms with Gasteiger partial charge in [-0.05, 0) is 73.2 Å². The summed E-state index contributed by atoms with van der Waals surface area (Å²) in [6.45, 7) is 9.75. The lowest BCUT2D eigenvalue weighted by Gasteiger charge is -2.38. The first-order valence-corrected chi connectivity index (χ1v) is 14.2. The molecule has 1 aliphatic carbocycles. The minimum atomic E-state index is -0.136. The Balaban J connectivity index is 1.49. The van der Waals surface area contributed by atoms with Crippen LogP contribution >= 0.6 is 11.3 Å². The van der Waals surface area contributed by atoms with Crippen molar-refractivity contribution in [3.05, 3.63) is 51.7 Å². The summed E-state index contributed by atoms with van der Waals surface area (Å²) in [6.07, 6.45) is 5.84. The smallest absolute Gasteiger partial charge is 0.242 e. The number of amides is 2. The van der Waals surface area contributed by atoms with Crippen LogP contribution in [0.4, 0.5) is 0 Å². The number of ether oxygens (including phenoxy) is 1. The molecule has 2 atom stereocenters. The number of benzene rings is 1. The SMILES string of the molecule is CCC(C)N(CC(=O)N1CCc2sccc2C1COc1ccc(C(C)C)cc1)C(=O)C1CCCC1. The second-order valence-corrected chi connectivity index (χ2v) is 11.4. The van der Waals surface area contributed by atoms with Crippen molar-refractivity contribution >= 4 is 23.2 Å². The lowest BCUT2D eigenvalue weighted by Crippen LogP contribution is -2.51. The van der Waals surface area contributed by atoms with Crippen molar-refractivity contribution in [2.24, 2.45) is 5.92 Å². The zero-order chi connectivity index (χ0) is 24.9. The highest BCUT2D eigenvalue weighted by molar-refractivity contribution is 7.10. The first kappa shape index (κ1) is 25.7. The van der Waals surface area contributed by atoms with E-state index in [1.807, 2.05) is 21.9 Å². The summed E-state index contributed by atoms with van der Waals surface area (Å²) in [4.78, 5) is 32.2. The van der Waals surface area contributed by atoms with Gasteiger partial charge in [0, 0.05) is 23.4 Å². The average Bonchev–Trinajstić information content (AvgIpc) is 3.57. The van der Waals surface area contributed by atoms with Gasteiger partial charge in [0.2, 0.25) is 11.8 Å². The van der Waals surface area contributed by atoms with Crippen LogP contribution in [0.2, 0.25) is 0 Å². The Hall–Kier alpha value is -2.34. The van der Waals surface area contributed by atoms with Crippen molar-refractivity contribution in [3.8, 4) is 5.75 Å². The van der Waals surface area contributed by atoms with Gasteiger partial charge in [0.15, 0.2) is 0 Å². The number of hydrogen-bond donors (Lipinski definition) is 0. The van der Waals surface area contributed by atoms with Gasteiger partial charge in [0.05, 0.1) is 6.04 Å². The molecule has 190 valence electrons. The molecule has 1 saturated carbocycles. The van der Waals surface area contributed by atoms with E-state index in [4.69, 9.17) is 4.74 Å². The highest BCUT2D eigenvalue weighted by Crippen LogP contribution is 2.35. The Kier molecular flexibility index (Phi) is 8.53. The van der Waals surface area contributed by atoms with Crippen LogP contribution in [0.3, 0.4) is 0 Å². The quantitative estimate of drug-likeness (QED) is 0.416. The molecule has 2 aromatic rings. The molecule has 2 heterocycles. The van der Waals surface area contributed by atoms with Gasteiger partial charge in [-0.15, -0.1) is 11.3 Å². The molecule has 6 heteroatoms. The number of fused-ring (bicyclic) bond motifs is 1. The molecule has 1 fully saturated rings. The van der Waals surface area contributed by atoms with E-state index in [0.717, 1.165) is 44.3 Å². The maximum absolute atomic E-state index is 13.7. The van der Waals surface area contributed by atoms with Crippen LogP contribution in [0.1, 0.15) is 87.8 Å². The second-order valence-electron chi connectivity index (χ2n) is 10.4. The molecule has 1 aromatic heterocycles. The summed E-state index contributed by atoms with van der Waals surface area (Å²) in [7, 11) is 0. The fourth-order valence-corrected chi connectivity index (χ4v) is 6.24. The Bertz CT molecular complexity index is 994. The molecular formula is C29H40N2O3S. The van der Waals surface area contributed by atoms with E-state index in [-0.39, 0.29) is 36.4 Å². The molecule has 0 N–H and O–H groups in total. The molecule has 35 heavy (non-hydrogen) atoms. The summed E-state index contributed by atoms with van der Waals surface area (Å²) in [6, 6.07) is 10.3. The second kappa shape index (κ2) is 11.6. The first-order valence-electron chi connectivity index (χ1n) is 13.3. The van der Waals surface area contributed by atoms with Crippen molar-refractivity contribution < 1.29 is 14.3 Å². The minimum Gasteiger partial charge on any atom is -0.491 e. The Morgan fingerprint density at radius 2 is 1.83 bits per heavy atom. The van der Waals surface area contributed by atoms with Gasteiger partial charge in [0.1, 0.15) is 18.9 Å². The fraction of sp³-hybridized carbons (Fsp3) is 0.586. The minimum absolute atomic E-state index is 0.0252. The highest BCUT2D eigenvalue weighted by Gasteiger charge is 2.36. The number of carbonyl (C=O) groups excluding carboxylic acids is 2. The van der Waals surface area contributed by atoms with Crippen LogP contribution < -0.4 is 4.74 Å². The predicted octanol–water partition coefficient (Wildman–Crippen LogP) is 6.19. The maximum Gasteiger partial charge on any atom is 0.242 e. The zero-order valence-corrected chi connectivity index (χ0v) is 22.5. The third-order valence-corrected chi connectivity index (χ3v) is 8.78. The standard InChI is InChI=1S/C29H40N2O3S/c1-5-21(4)31(29(33)23-8-6-7-9-23)18-28(32)30-16-14-27-25(15-17-35-27)26(30)19-34-24-12-10-22(11-13-24)20(2)3/h10-13,15,17,20-21,23,26H,5-9,14,16,18-19H2,1-4H3. The fourth-order valence-electron chi connectivity index (χ4n) is 5.31. The number of carbonyl (C=O) groups is 2. The molecule has 2 aliphatic rings. The van der Waals surface area contributed by atoms with E-state index < -0.39 is 0 Å². The van der Waals surface area contributed by atoms with Crippen LogP contribution in [-0.4, -0.2) is 47.4 Å². The molecular weight excluding hydrogens is 456 g/mol. The van der Waals surface area contributed by atoms with Crippen molar-refractivity contribution in [1.82, 2.24) is 9.80 Å². The predicted molar refractivity (Wildman–Crippen MR) is 142 cm³/mol. The Labute approximate surface area is 214 Å². The largest absolute Gasteiger partial charge is 0.491 e. The molecule has 1 aromatic carbocycles. The summed E-state index contributed by atoms with van der Waals surface area (Å²) in [5.74, 6) is 1.56. The molecule has 4 rings (SSSR count). The van der Waals surface area contributed by atoms with Crippen LogP contribution in [0.15, 0.2) is 35.7 Å². The lowest BCUT2D eigenvalue weighted by molar-refractivity contribution is -0.146. The first-order chi connectivity index (χ1) is 16.9. The molecule has 2 amide bonds. The van der Waals surface area contributed by atoms with Gasteiger partial charge in [-0.1, -0.05) is 45.7 Å². The van der Waals surface area contributed by atoms with E-state index in [1.54, 1.807) is 11.3 Å². The van der Waals surface area contributed by atoms with Crippen LogP contribution in [0, 0.1) is 5.92 Å². The van der Waals surface area contributed by atoms with Gasteiger partial charge in [-0.25, -0.2) is 0 Å². The van der Waals surface area contributed by atoms with Crippen LogP contribution in [0.25, 0.3) is 0 Å². The van der Waals surface area contributed by atoms with Crippen molar-refractivity contribution in [2.75, 3.05) is 19.7 Å². The Morgan fingerprint density at radius 3 is 2.49 bits per heavy atom. The van der Waals surface area contributed by atoms with Crippen molar-refractivity contribution in [1.29, 1.82) is 0 Å². The maximum atomic E-state index is 13.7. The van der Waals surface area contributed by atoms with Gasteiger partial charge < -0.3 is 14.5 Å². The molecule has 2 unspecified atom stereocenters. The van der Waals surface area contributed by atoms with E-state index in [1.165, 1.54) is 16.0 Å². The molecule has 0 bridgehead atoms. The van der Waals surface area contributed by atoms with Gasteiger partial charge in [-0.2, -0.15) is 0 Å². The summed E-state index contributed by atoms with van der Waals surface area (Å²) in [5, 5.41) is 2.11. The molecule has 0 spiro atoms. The summed E-state index contributed by atoms with van der Waals surface area (Å²) >= 11 is 1.76. The molecule has 0 radical (unpaired) electrons. The monoisotopic (exact) mass is 496 g/mol. The van der Waals surface area contributed by atoms with E-state index in [9.17, 15) is 9.59 Å². The summed E-state index contributed by atoms with van der Waals surface area (Å²) < 4.78 is 6.22. The van der Waals surface area contributed by atoms with Crippen LogP contribution in [-0.2, 0) is 16.0 Å². The number of thiophene rings is 1. The topological polar surface area (TPSA) is 49.9 Å². The van der Waals surface area contributed by atoms with Gasteiger partial charge in [0.25, 0.3) is 0 Å². The molecule has 0 saturated heterocycles. The highest BCUT2D eigenvalue weighted by atomic mass is 32.1. The van der Waals surface area contributed by atoms with E-state index in [2.05, 4.69) is 51.3 Å².